The van der Waals surface area contributed by atoms with E-state index in [0.717, 1.165) is 45.9 Å². The van der Waals surface area contributed by atoms with E-state index in [1.165, 1.54) is 6.07 Å². The van der Waals surface area contributed by atoms with Crippen molar-refractivity contribution in [3.8, 4) is 5.82 Å². The monoisotopic (exact) mass is 647 g/mol. The van der Waals surface area contributed by atoms with Crippen molar-refractivity contribution in [2.45, 2.75) is 20.4 Å². The minimum Gasteiger partial charge on any atom is -0.325 e. The molecule has 0 amide bonds. The second kappa shape index (κ2) is 13.4. The van der Waals surface area contributed by atoms with Crippen LogP contribution in [0.15, 0.2) is 75.8 Å². The van der Waals surface area contributed by atoms with Gasteiger partial charge in [0.05, 0.1) is 31.9 Å². The van der Waals surface area contributed by atoms with Crippen LogP contribution in [0.1, 0.15) is 27.4 Å². The summed E-state index contributed by atoms with van der Waals surface area (Å²) >= 11 is 5.96. The number of aryl methyl sites for hydroxylation is 2. The van der Waals surface area contributed by atoms with Crippen molar-refractivity contribution < 1.29 is 18.0 Å². The van der Waals surface area contributed by atoms with E-state index < -0.39 is 11.6 Å². The molecular formula is C27H22Br2F3N5O. The first-order valence-electron chi connectivity index (χ1n) is 11.1. The number of fused-ring (bicyclic) bond motifs is 1. The number of rotatable bonds is 3. The molecule has 5 rings (SSSR count). The van der Waals surface area contributed by atoms with Gasteiger partial charge in [0, 0.05) is 23.3 Å². The van der Waals surface area contributed by atoms with Gasteiger partial charge in [-0.2, -0.15) is 5.10 Å². The fourth-order valence-corrected chi connectivity index (χ4v) is 3.84. The van der Waals surface area contributed by atoms with Gasteiger partial charge < -0.3 is 5.73 Å². The molecule has 0 aliphatic rings. The summed E-state index contributed by atoms with van der Waals surface area (Å²) in [5, 5.41) is 5.00. The summed E-state index contributed by atoms with van der Waals surface area (Å²) in [5.74, 6) is -0.940. The van der Waals surface area contributed by atoms with E-state index in [1.54, 1.807) is 16.9 Å². The van der Waals surface area contributed by atoms with Crippen LogP contribution in [-0.2, 0) is 6.54 Å². The Hall–Kier alpha value is -3.41. The highest BCUT2D eigenvalue weighted by molar-refractivity contribution is 9.10. The van der Waals surface area contributed by atoms with Crippen molar-refractivity contribution in [3.05, 3.63) is 116 Å². The highest BCUT2D eigenvalue weighted by Crippen LogP contribution is 2.24. The molecule has 0 atom stereocenters. The lowest BCUT2D eigenvalue weighted by atomic mass is 10.2. The van der Waals surface area contributed by atoms with Gasteiger partial charge in [-0.3, -0.25) is 9.78 Å². The van der Waals surface area contributed by atoms with Crippen LogP contribution in [0.3, 0.4) is 0 Å². The molecule has 0 radical (unpaired) electrons. The lowest BCUT2D eigenvalue weighted by Crippen LogP contribution is -2.00. The summed E-state index contributed by atoms with van der Waals surface area (Å²) in [6.07, 6.45) is 1.90. The first kappa shape index (κ1) is 29.2. The number of pyridine rings is 2. The van der Waals surface area contributed by atoms with Crippen LogP contribution in [0.25, 0.3) is 16.7 Å². The summed E-state index contributed by atoms with van der Waals surface area (Å²) in [7, 11) is 0. The maximum absolute atomic E-state index is 13.4. The summed E-state index contributed by atoms with van der Waals surface area (Å²) in [6.45, 7) is 4.41. The Balaban J connectivity index is 0.000000172. The van der Waals surface area contributed by atoms with Gasteiger partial charge in [0.2, 0.25) is 0 Å². The fraction of sp³-hybridized carbons (Fsp3) is 0.111. The Kier molecular flexibility index (Phi) is 10.3. The zero-order valence-corrected chi connectivity index (χ0v) is 23.5. The highest BCUT2D eigenvalue weighted by atomic mass is 79.9. The van der Waals surface area contributed by atoms with Gasteiger partial charge in [0.15, 0.2) is 12.1 Å². The molecule has 11 heteroatoms. The second-order valence-corrected chi connectivity index (χ2v) is 9.61. The molecule has 0 fully saturated rings. The predicted octanol–water partition coefficient (Wildman–Crippen LogP) is 7.02. The molecular weight excluding hydrogens is 627 g/mol. The van der Waals surface area contributed by atoms with Crippen LogP contribution in [-0.4, -0.2) is 26.0 Å². The van der Waals surface area contributed by atoms with Gasteiger partial charge in [0.1, 0.15) is 17.5 Å². The van der Waals surface area contributed by atoms with Crippen LogP contribution in [0.4, 0.5) is 13.2 Å². The van der Waals surface area contributed by atoms with Gasteiger partial charge in [-0.1, -0.05) is 12.1 Å². The SMILES string of the molecule is Cc1cccc(-n2ncc3cc(F)c(Br)cc32)n1.Cc1cccc(CN)n1.O=Cc1cc(F)c(Br)cc1F. The molecule has 5 aromatic rings. The Morgan fingerprint density at radius 2 is 1.50 bits per heavy atom. The van der Waals surface area contributed by atoms with Crippen molar-refractivity contribution in [1.82, 2.24) is 19.7 Å². The quantitative estimate of drug-likeness (QED) is 0.168. The first-order valence-corrected chi connectivity index (χ1v) is 12.7. The molecule has 0 bridgehead atoms. The lowest BCUT2D eigenvalue weighted by molar-refractivity contribution is 0.111. The van der Waals surface area contributed by atoms with Gasteiger partial charge in [0.25, 0.3) is 0 Å². The molecule has 0 unspecified atom stereocenters. The molecule has 3 aromatic heterocycles. The molecule has 2 aromatic carbocycles. The molecule has 0 aliphatic heterocycles. The zero-order chi connectivity index (χ0) is 27.8. The van der Waals surface area contributed by atoms with E-state index >= 15 is 0 Å². The van der Waals surface area contributed by atoms with Gasteiger partial charge in [-0.25, -0.2) is 22.8 Å². The summed E-state index contributed by atoms with van der Waals surface area (Å²) < 4.78 is 40.7. The van der Waals surface area contributed by atoms with Crippen molar-refractivity contribution in [1.29, 1.82) is 0 Å². The maximum atomic E-state index is 13.4. The van der Waals surface area contributed by atoms with Crippen LogP contribution in [0, 0.1) is 31.3 Å². The van der Waals surface area contributed by atoms with Crippen molar-refractivity contribution in [2.75, 3.05) is 0 Å². The summed E-state index contributed by atoms with van der Waals surface area (Å²) in [5.41, 5.74) is 8.80. The van der Waals surface area contributed by atoms with Crippen molar-refractivity contribution >= 4 is 49.0 Å². The molecule has 38 heavy (non-hydrogen) atoms. The van der Waals surface area contributed by atoms with Crippen LogP contribution < -0.4 is 5.73 Å². The van der Waals surface area contributed by atoms with Gasteiger partial charge in [-0.15, -0.1) is 0 Å². The number of carbonyl (C=O) groups is 1. The summed E-state index contributed by atoms with van der Waals surface area (Å²) in [6, 6.07) is 16.5. The van der Waals surface area contributed by atoms with E-state index in [2.05, 4.69) is 46.9 Å². The third-order valence-electron chi connectivity index (χ3n) is 5.02. The third kappa shape index (κ3) is 7.56. The number of hydrogen-bond acceptors (Lipinski definition) is 5. The largest absolute Gasteiger partial charge is 0.325 e. The van der Waals surface area contributed by atoms with Crippen molar-refractivity contribution in [2.24, 2.45) is 5.73 Å². The average molecular weight is 649 g/mol. The predicted molar refractivity (Wildman–Crippen MR) is 148 cm³/mol. The summed E-state index contributed by atoms with van der Waals surface area (Å²) in [4.78, 5) is 18.6. The van der Waals surface area contributed by atoms with E-state index in [-0.39, 0.29) is 22.1 Å². The molecule has 0 spiro atoms. The molecule has 0 saturated heterocycles. The fourth-order valence-electron chi connectivity index (χ4n) is 3.19. The number of aromatic nitrogens is 4. The molecule has 3 heterocycles. The zero-order valence-electron chi connectivity index (χ0n) is 20.3. The molecule has 6 nitrogen and oxygen atoms in total. The van der Waals surface area contributed by atoms with Crippen LogP contribution >= 0.6 is 31.9 Å². The molecule has 0 saturated carbocycles. The number of nitrogens with two attached hydrogens (primary N) is 1. The van der Waals surface area contributed by atoms with Gasteiger partial charge >= 0.3 is 0 Å². The Bertz CT molecular complexity index is 1580. The molecule has 0 aliphatic carbocycles. The Labute approximate surface area is 234 Å². The highest BCUT2D eigenvalue weighted by Gasteiger charge is 2.10. The van der Waals surface area contributed by atoms with E-state index in [4.69, 9.17) is 5.73 Å². The van der Waals surface area contributed by atoms with E-state index in [9.17, 15) is 18.0 Å². The minimum absolute atomic E-state index is 0.0144. The smallest absolute Gasteiger partial charge is 0.154 e. The maximum Gasteiger partial charge on any atom is 0.154 e. The molecule has 2 N–H and O–H groups in total. The Morgan fingerprint density at radius 3 is 2.11 bits per heavy atom. The normalized spacial score (nSPS) is 10.3. The van der Waals surface area contributed by atoms with E-state index in [0.29, 0.717) is 11.0 Å². The van der Waals surface area contributed by atoms with Crippen LogP contribution in [0.5, 0.6) is 0 Å². The number of benzene rings is 2. The number of halogens is 5. The molecule has 196 valence electrons. The van der Waals surface area contributed by atoms with Crippen LogP contribution in [0.2, 0.25) is 0 Å². The van der Waals surface area contributed by atoms with E-state index in [1.807, 2.05) is 50.2 Å². The number of carbonyl (C=O) groups excluding carboxylic acids is 1. The van der Waals surface area contributed by atoms with Crippen molar-refractivity contribution in [3.63, 3.8) is 0 Å². The third-order valence-corrected chi connectivity index (χ3v) is 6.24. The Morgan fingerprint density at radius 1 is 0.868 bits per heavy atom. The standard InChI is InChI=1S/C13H9BrFN3.C7H3BrF2O.C7H10N2/c1-8-3-2-4-13(17-8)18-12-6-10(14)11(15)5-9(12)7-16-18;8-5-2-6(9)4(3-11)1-7(5)10;1-6-3-2-4-7(5-8)9-6/h2-7H,1H3;1-3H;2-4H,5,8H2,1H3. The number of hydrogen-bond donors (Lipinski definition) is 1. The number of aldehydes is 1. The second-order valence-electron chi connectivity index (χ2n) is 7.90. The average Bonchev–Trinajstić information content (AvgIpc) is 3.29. The van der Waals surface area contributed by atoms with Gasteiger partial charge in [-0.05, 0) is 94.2 Å². The first-order chi connectivity index (χ1) is 18.1. The minimum atomic E-state index is -0.728. The number of nitrogens with zero attached hydrogens (tertiary/aromatic N) is 4. The topological polar surface area (TPSA) is 86.7 Å². The lowest BCUT2D eigenvalue weighted by Gasteiger charge is -2.04.